The summed E-state index contributed by atoms with van der Waals surface area (Å²) in [4.78, 5) is 9.30. The van der Waals surface area contributed by atoms with E-state index in [1.165, 1.54) is 6.07 Å². The molecule has 6 heteroatoms. The van der Waals surface area contributed by atoms with E-state index < -0.39 is 5.82 Å². The Hall–Kier alpha value is -1.82. The molecule has 0 radical (unpaired) electrons. The van der Waals surface area contributed by atoms with Crippen molar-refractivity contribution in [2.24, 2.45) is 0 Å². The standard InChI is InChI=1S/C16H24FN5/c1-3-4-5-22-15-11-13(18)12(17)10-14(15)19-16(22)21-8-6-20(2)7-9-21/h10-11H,3-9,18H2,1-2H3. The number of hydrogen-bond acceptors (Lipinski definition) is 4. The van der Waals surface area contributed by atoms with E-state index >= 15 is 0 Å². The number of nitrogens with zero attached hydrogens (tertiary/aromatic N) is 4. The van der Waals surface area contributed by atoms with E-state index in [1.54, 1.807) is 6.07 Å². The van der Waals surface area contributed by atoms with Gasteiger partial charge in [-0.05, 0) is 19.5 Å². The topological polar surface area (TPSA) is 50.3 Å². The maximum absolute atomic E-state index is 13.7. The zero-order chi connectivity index (χ0) is 15.7. The number of benzene rings is 1. The predicted octanol–water partition coefficient (Wildman–Crippen LogP) is 2.31. The molecule has 0 amide bonds. The lowest BCUT2D eigenvalue weighted by Crippen LogP contribution is -2.45. The van der Waals surface area contributed by atoms with Crippen molar-refractivity contribution >= 4 is 22.7 Å². The quantitative estimate of drug-likeness (QED) is 0.881. The van der Waals surface area contributed by atoms with Crippen molar-refractivity contribution in [3.05, 3.63) is 17.9 Å². The highest BCUT2D eigenvalue weighted by Crippen LogP contribution is 2.27. The van der Waals surface area contributed by atoms with Crippen molar-refractivity contribution in [1.29, 1.82) is 0 Å². The highest BCUT2D eigenvalue weighted by atomic mass is 19.1. The fraction of sp³-hybridized carbons (Fsp3) is 0.562. The van der Waals surface area contributed by atoms with Crippen molar-refractivity contribution in [2.45, 2.75) is 26.3 Å². The fourth-order valence-corrected chi connectivity index (χ4v) is 2.93. The van der Waals surface area contributed by atoms with Gasteiger partial charge in [-0.15, -0.1) is 0 Å². The number of hydrogen-bond donors (Lipinski definition) is 1. The Balaban J connectivity index is 2.03. The zero-order valence-corrected chi connectivity index (χ0v) is 13.3. The lowest BCUT2D eigenvalue weighted by molar-refractivity contribution is 0.310. The Morgan fingerprint density at radius 3 is 2.64 bits per heavy atom. The van der Waals surface area contributed by atoms with Gasteiger partial charge >= 0.3 is 0 Å². The summed E-state index contributed by atoms with van der Waals surface area (Å²) in [7, 11) is 2.13. The van der Waals surface area contributed by atoms with Crippen LogP contribution in [-0.4, -0.2) is 47.7 Å². The van der Waals surface area contributed by atoms with E-state index in [2.05, 4.69) is 28.3 Å². The SMILES string of the molecule is CCCCn1c(N2CCN(C)CC2)nc2cc(F)c(N)cc21. The van der Waals surface area contributed by atoms with E-state index in [4.69, 9.17) is 10.7 Å². The van der Waals surface area contributed by atoms with E-state index in [0.29, 0.717) is 5.52 Å². The molecule has 2 aromatic rings. The van der Waals surface area contributed by atoms with Gasteiger partial charge in [0, 0.05) is 38.8 Å². The third-order valence-electron chi connectivity index (χ3n) is 4.37. The summed E-state index contributed by atoms with van der Waals surface area (Å²) in [6, 6.07) is 3.17. The van der Waals surface area contributed by atoms with Crippen molar-refractivity contribution in [1.82, 2.24) is 14.5 Å². The number of halogens is 1. The van der Waals surface area contributed by atoms with E-state index in [9.17, 15) is 4.39 Å². The van der Waals surface area contributed by atoms with Crippen molar-refractivity contribution in [3.8, 4) is 0 Å². The van der Waals surface area contributed by atoms with Crippen LogP contribution < -0.4 is 10.6 Å². The minimum atomic E-state index is -0.391. The fourth-order valence-electron chi connectivity index (χ4n) is 2.93. The van der Waals surface area contributed by atoms with Gasteiger partial charge in [-0.1, -0.05) is 13.3 Å². The molecule has 1 saturated heterocycles. The molecule has 1 aromatic carbocycles. The third kappa shape index (κ3) is 2.75. The summed E-state index contributed by atoms with van der Waals surface area (Å²) >= 11 is 0. The lowest BCUT2D eigenvalue weighted by Gasteiger charge is -2.33. The van der Waals surface area contributed by atoms with Crippen LogP contribution in [0.15, 0.2) is 12.1 Å². The van der Waals surface area contributed by atoms with Crippen molar-refractivity contribution in [2.75, 3.05) is 43.9 Å². The van der Waals surface area contributed by atoms with Crippen molar-refractivity contribution < 1.29 is 4.39 Å². The van der Waals surface area contributed by atoms with Gasteiger partial charge in [0.25, 0.3) is 0 Å². The van der Waals surface area contributed by atoms with Crippen LogP contribution in [0.25, 0.3) is 11.0 Å². The number of rotatable bonds is 4. The van der Waals surface area contributed by atoms with Crippen molar-refractivity contribution in [3.63, 3.8) is 0 Å². The second-order valence-corrected chi connectivity index (χ2v) is 6.07. The molecule has 1 aromatic heterocycles. The maximum atomic E-state index is 13.7. The minimum Gasteiger partial charge on any atom is -0.396 e. The summed E-state index contributed by atoms with van der Waals surface area (Å²) in [5, 5.41) is 0. The minimum absolute atomic E-state index is 0.190. The molecular formula is C16H24FN5. The number of anilines is 2. The monoisotopic (exact) mass is 305 g/mol. The van der Waals surface area contributed by atoms with Crippen LogP contribution in [0.5, 0.6) is 0 Å². The van der Waals surface area contributed by atoms with Gasteiger partial charge in [-0.3, -0.25) is 0 Å². The number of nitrogen functional groups attached to an aromatic ring is 1. The molecular weight excluding hydrogens is 281 g/mol. The van der Waals surface area contributed by atoms with Gasteiger partial charge in [0.1, 0.15) is 5.82 Å². The summed E-state index contributed by atoms with van der Waals surface area (Å²) in [5.74, 6) is 0.555. The first kappa shape index (κ1) is 15.1. The summed E-state index contributed by atoms with van der Waals surface area (Å²) in [6.07, 6.45) is 2.18. The van der Waals surface area contributed by atoms with E-state index in [-0.39, 0.29) is 5.69 Å². The van der Waals surface area contributed by atoms with Crippen LogP contribution >= 0.6 is 0 Å². The number of piperazine rings is 1. The van der Waals surface area contributed by atoms with Gasteiger partial charge in [-0.2, -0.15) is 0 Å². The molecule has 0 atom stereocenters. The Bertz CT molecular complexity index is 658. The largest absolute Gasteiger partial charge is 0.396 e. The van der Waals surface area contributed by atoms with Gasteiger partial charge in [0.15, 0.2) is 0 Å². The zero-order valence-electron chi connectivity index (χ0n) is 13.3. The Morgan fingerprint density at radius 2 is 1.95 bits per heavy atom. The smallest absolute Gasteiger partial charge is 0.206 e. The van der Waals surface area contributed by atoms with Crippen LogP contribution in [0.4, 0.5) is 16.0 Å². The third-order valence-corrected chi connectivity index (χ3v) is 4.37. The van der Waals surface area contributed by atoms with Crippen LogP contribution in [0, 0.1) is 5.82 Å². The second kappa shape index (κ2) is 6.12. The number of fused-ring (bicyclic) bond motifs is 1. The number of nitrogens with two attached hydrogens (primary N) is 1. The highest BCUT2D eigenvalue weighted by Gasteiger charge is 2.21. The van der Waals surface area contributed by atoms with Crippen LogP contribution in [-0.2, 0) is 6.54 Å². The molecule has 2 heterocycles. The lowest BCUT2D eigenvalue weighted by atomic mass is 10.2. The molecule has 0 aliphatic carbocycles. The Kier molecular flexibility index (Phi) is 4.20. The molecule has 2 N–H and O–H groups in total. The molecule has 0 unspecified atom stereocenters. The Morgan fingerprint density at radius 1 is 1.23 bits per heavy atom. The molecule has 0 saturated carbocycles. The molecule has 0 bridgehead atoms. The van der Waals surface area contributed by atoms with E-state index in [0.717, 1.165) is 57.0 Å². The van der Waals surface area contributed by atoms with Crippen LogP contribution in [0.1, 0.15) is 19.8 Å². The number of aromatic nitrogens is 2. The second-order valence-electron chi connectivity index (χ2n) is 6.07. The average Bonchev–Trinajstić information content (AvgIpc) is 2.84. The van der Waals surface area contributed by atoms with Gasteiger partial charge in [0.2, 0.25) is 5.95 Å². The molecule has 120 valence electrons. The number of likely N-dealkylation sites (N-methyl/N-ethyl adjacent to an activating group) is 1. The maximum Gasteiger partial charge on any atom is 0.206 e. The van der Waals surface area contributed by atoms with Gasteiger partial charge in [0.05, 0.1) is 16.7 Å². The molecule has 1 fully saturated rings. The molecule has 1 aliphatic heterocycles. The summed E-state index contributed by atoms with van der Waals surface area (Å²) in [6.45, 7) is 7.00. The normalized spacial score (nSPS) is 16.6. The first-order valence-electron chi connectivity index (χ1n) is 7.99. The first-order chi connectivity index (χ1) is 10.6. The van der Waals surface area contributed by atoms with Crippen LogP contribution in [0.2, 0.25) is 0 Å². The number of unbranched alkanes of at least 4 members (excludes halogenated alkanes) is 1. The molecule has 3 rings (SSSR count). The van der Waals surface area contributed by atoms with Crippen LogP contribution in [0.3, 0.4) is 0 Å². The van der Waals surface area contributed by atoms with Gasteiger partial charge in [-0.25, -0.2) is 9.37 Å². The predicted molar refractivity (Wildman–Crippen MR) is 88.7 cm³/mol. The van der Waals surface area contributed by atoms with Gasteiger partial charge < -0.3 is 20.1 Å². The molecule has 22 heavy (non-hydrogen) atoms. The molecule has 0 spiro atoms. The average molecular weight is 305 g/mol. The first-order valence-corrected chi connectivity index (χ1v) is 7.99. The summed E-state index contributed by atoms with van der Waals surface area (Å²) in [5.41, 5.74) is 7.57. The summed E-state index contributed by atoms with van der Waals surface area (Å²) < 4.78 is 15.9. The number of aryl methyl sites for hydroxylation is 1. The Labute approximate surface area is 130 Å². The molecule has 1 aliphatic rings. The number of imidazole rings is 1. The van der Waals surface area contributed by atoms with E-state index in [1.807, 2.05) is 0 Å². The molecule has 5 nitrogen and oxygen atoms in total. The highest BCUT2D eigenvalue weighted by molar-refractivity contribution is 5.82.